The molecule has 2 aromatic carbocycles. The summed E-state index contributed by atoms with van der Waals surface area (Å²) in [4.78, 5) is 32.2. The number of nitrogens with zero attached hydrogens (tertiary/aromatic N) is 4. The standard InChI is InChI=1S/C24H21N5O2S/c30-21-12-5-13-28(21)16-17-7-4-8-18(15-17)25-24(31)22-26-23(20-11-6-14-32-20)29(27-22)19-9-2-1-3-10-19/h1-4,6-11,14-15H,5,12-13,16H2,(H,25,31). The van der Waals surface area contributed by atoms with E-state index in [1.807, 2.05) is 77.0 Å². The highest BCUT2D eigenvalue weighted by molar-refractivity contribution is 7.13. The fraction of sp³-hybridized carbons (Fsp3) is 0.167. The van der Waals surface area contributed by atoms with Gasteiger partial charge in [0.2, 0.25) is 11.7 Å². The third-order valence-electron chi connectivity index (χ3n) is 5.28. The number of hydrogen-bond acceptors (Lipinski definition) is 5. The van der Waals surface area contributed by atoms with Crippen molar-refractivity contribution in [1.82, 2.24) is 19.7 Å². The van der Waals surface area contributed by atoms with Crippen LogP contribution >= 0.6 is 11.3 Å². The van der Waals surface area contributed by atoms with Crippen LogP contribution in [0.4, 0.5) is 5.69 Å². The second kappa shape index (κ2) is 8.76. The van der Waals surface area contributed by atoms with E-state index >= 15 is 0 Å². The van der Waals surface area contributed by atoms with Gasteiger partial charge in [0.05, 0.1) is 10.6 Å². The molecule has 1 aliphatic rings. The van der Waals surface area contributed by atoms with Crippen molar-refractivity contribution >= 4 is 28.8 Å². The fourth-order valence-corrected chi connectivity index (χ4v) is 4.45. The van der Waals surface area contributed by atoms with Crippen LogP contribution in [0.5, 0.6) is 0 Å². The van der Waals surface area contributed by atoms with E-state index in [0.29, 0.717) is 24.5 Å². The number of aromatic nitrogens is 3. The Morgan fingerprint density at radius 1 is 1.06 bits per heavy atom. The number of para-hydroxylation sites is 1. The van der Waals surface area contributed by atoms with Crippen molar-refractivity contribution in [3.05, 3.63) is 83.5 Å². The van der Waals surface area contributed by atoms with Crippen molar-refractivity contribution < 1.29 is 9.59 Å². The van der Waals surface area contributed by atoms with Gasteiger partial charge in [0, 0.05) is 25.2 Å². The predicted octanol–water partition coefficient (Wildman–Crippen LogP) is 4.37. The largest absolute Gasteiger partial charge is 0.338 e. The average Bonchev–Trinajstić information content (AvgIpc) is 3.56. The molecule has 8 heteroatoms. The zero-order chi connectivity index (χ0) is 21.9. The normalized spacial score (nSPS) is 13.5. The molecule has 1 N–H and O–H groups in total. The van der Waals surface area contributed by atoms with Gasteiger partial charge in [-0.15, -0.1) is 16.4 Å². The molecule has 2 amide bonds. The molecule has 0 bridgehead atoms. The highest BCUT2D eigenvalue weighted by Gasteiger charge is 2.21. The monoisotopic (exact) mass is 443 g/mol. The summed E-state index contributed by atoms with van der Waals surface area (Å²) in [6, 6.07) is 21.1. The van der Waals surface area contributed by atoms with E-state index in [2.05, 4.69) is 15.4 Å². The molecule has 1 fully saturated rings. The molecule has 32 heavy (non-hydrogen) atoms. The minimum atomic E-state index is -0.383. The van der Waals surface area contributed by atoms with Crippen molar-refractivity contribution in [3.8, 4) is 16.4 Å². The minimum absolute atomic E-state index is 0.0948. The summed E-state index contributed by atoms with van der Waals surface area (Å²) >= 11 is 1.54. The van der Waals surface area contributed by atoms with Gasteiger partial charge in [-0.2, -0.15) is 0 Å². The maximum Gasteiger partial charge on any atom is 0.295 e. The smallest absolute Gasteiger partial charge is 0.295 e. The number of anilines is 1. The molecular formula is C24H21N5O2S. The van der Waals surface area contributed by atoms with Crippen molar-refractivity contribution in [2.45, 2.75) is 19.4 Å². The third kappa shape index (κ3) is 4.17. The summed E-state index contributed by atoms with van der Waals surface area (Å²) in [7, 11) is 0. The van der Waals surface area contributed by atoms with Gasteiger partial charge in [0.25, 0.3) is 5.91 Å². The number of nitrogens with one attached hydrogen (secondary N) is 1. The molecule has 0 radical (unpaired) electrons. The zero-order valence-electron chi connectivity index (χ0n) is 17.3. The number of rotatable bonds is 6. The molecule has 3 heterocycles. The van der Waals surface area contributed by atoms with Crippen molar-refractivity contribution in [2.75, 3.05) is 11.9 Å². The van der Waals surface area contributed by atoms with E-state index in [9.17, 15) is 9.59 Å². The van der Waals surface area contributed by atoms with Crippen LogP contribution in [0.15, 0.2) is 72.1 Å². The zero-order valence-corrected chi connectivity index (χ0v) is 18.1. The van der Waals surface area contributed by atoms with E-state index in [4.69, 9.17) is 0 Å². The number of benzene rings is 2. The highest BCUT2D eigenvalue weighted by Crippen LogP contribution is 2.26. The summed E-state index contributed by atoms with van der Waals surface area (Å²) in [5.41, 5.74) is 2.45. The second-order valence-corrected chi connectivity index (χ2v) is 8.50. The van der Waals surface area contributed by atoms with Crippen LogP contribution in [0, 0.1) is 0 Å². The van der Waals surface area contributed by atoms with Gasteiger partial charge in [-0.05, 0) is 47.7 Å². The lowest BCUT2D eigenvalue weighted by Gasteiger charge is -2.16. The molecule has 1 saturated heterocycles. The molecule has 2 aromatic heterocycles. The van der Waals surface area contributed by atoms with Crippen molar-refractivity contribution in [3.63, 3.8) is 0 Å². The summed E-state index contributed by atoms with van der Waals surface area (Å²) in [6.07, 6.45) is 1.51. The molecule has 160 valence electrons. The lowest BCUT2D eigenvalue weighted by Crippen LogP contribution is -2.23. The van der Waals surface area contributed by atoms with E-state index in [1.165, 1.54) is 0 Å². The van der Waals surface area contributed by atoms with Gasteiger partial charge >= 0.3 is 0 Å². The molecule has 0 saturated carbocycles. The quantitative estimate of drug-likeness (QED) is 0.480. The lowest BCUT2D eigenvalue weighted by atomic mass is 10.2. The van der Waals surface area contributed by atoms with E-state index in [1.54, 1.807) is 16.0 Å². The Bertz CT molecular complexity index is 1250. The molecule has 4 aromatic rings. The summed E-state index contributed by atoms with van der Waals surface area (Å²) in [5.74, 6) is 0.512. The molecule has 0 spiro atoms. The molecule has 0 atom stereocenters. The first-order chi connectivity index (χ1) is 15.7. The molecule has 7 nitrogen and oxygen atoms in total. The molecule has 0 unspecified atom stereocenters. The topological polar surface area (TPSA) is 80.1 Å². The van der Waals surface area contributed by atoms with Gasteiger partial charge in [-0.3, -0.25) is 9.59 Å². The number of carbonyl (C=O) groups is 2. The Morgan fingerprint density at radius 3 is 2.69 bits per heavy atom. The lowest BCUT2D eigenvalue weighted by molar-refractivity contribution is -0.128. The van der Waals surface area contributed by atoms with Crippen LogP contribution in [-0.4, -0.2) is 38.0 Å². The Hall–Kier alpha value is -3.78. The number of amides is 2. The Labute approximate surface area is 189 Å². The first-order valence-corrected chi connectivity index (χ1v) is 11.3. The molecule has 1 aliphatic heterocycles. The van der Waals surface area contributed by atoms with Crippen LogP contribution in [0.3, 0.4) is 0 Å². The van der Waals surface area contributed by atoms with Crippen LogP contribution in [0.25, 0.3) is 16.4 Å². The Kier molecular flexibility index (Phi) is 5.51. The SMILES string of the molecule is O=C(Nc1cccc(CN2CCCC2=O)c1)c1nc(-c2cccs2)n(-c2ccccc2)n1. The molecule has 5 rings (SSSR count). The van der Waals surface area contributed by atoms with Gasteiger partial charge in [0.15, 0.2) is 5.82 Å². The summed E-state index contributed by atoms with van der Waals surface area (Å²) in [5, 5.41) is 9.36. The van der Waals surface area contributed by atoms with E-state index in [-0.39, 0.29) is 17.6 Å². The number of thiophene rings is 1. The van der Waals surface area contributed by atoms with Crippen molar-refractivity contribution in [1.29, 1.82) is 0 Å². The van der Waals surface area contributed by atoms with Crippen LogP contribution in [0.2, 0.25) is 0 Å². The average molecular weight is 444 g/mol. The highest BCUT2D eigenvalue weighted by atomic mass is 32.1. The first-order valence-electron chi connectivity index (χ1n) is 10.4. The molecular weight excluding hydrogens is 422 g/mol. The van der Waals surface area contributed by atoms with Crippen LogP contribution in [-0.2, 0) is 11.3 Å². The second-order valence-electron chi connectivity index (χ2n) is 7.56. The fourth-order valence-electron chi connectivity index (χ4n) is 3.75. The van der Waals surface area contributed by atoms with Gasteiger partial charge in [-0.25, -0.2) is 9.67 Å². The van der Waals surface area contributed by atoms with Gasteiger partial charge < -0.3 is 10.2 Å². The number of hydrogen-bond donors (Lipinski definition) is 1. The third-order valence-corrected chi connectivity index (χ3v) is 6.15. The predicted molar refractivity (Wildman–Crippen MR) is 124 cm³/mol. The van der Waals surface area contributed by atoms with Gasteiger partial charge in [-0.1, -0.05) is 36.4 Å². The van der Waals surface area contributed by atoms with Crippen LogP contribution in [0.1, 0.15) is 29.0 Å². The number of likely N-dealkylation sites (tertiary alicyclic amines) is 1. The van der Waals surface area contributed by atoms with E-state index in [0.717, 1.165) is 29.1 Å². The first kappa shape index (κ1) is 20.1. The van der Waals surface area contributed by atoms with Crippen molar-refractivity contribution in [2.24, 2.45) is 0 Å². The summed E-state index contributed by atoms with van der Waals surface area (Å²) in [6.45, 7) is 1.33. The minimum Gasteiger partial charge on any atom is -0.338 e. The maximum atomic E-state index is 13.0. The number of carbonyl (C=O) groups excluding carboxylic acids is 2. The molecule has 0 aliphatic carbocycles. The Morgan fingerprint density at radius 2 is 1.94 bits per heavy atom. The van der Waals surface area contributed by atoms with Gasteiger partial charge in [0.1, 0.15) is 0 Å². The Balaban J connectivity index is 1.39. The van der Waals surface area contributed by atoms with Crippen LogP contribution < -0.4 is 5.32 Å². The van der Waals surface area contributed by atoms with E-state index < -0.39 is 0 Å². The maximum absolute atomic E-state index is 13.0. The summed E-state index contributed by atoms with van der Waals surface area (Å²) < 4.78 is 1.69.